The van der Waals surface area contributed by atoms with Gasteiger partial charge in [0.25, 0.3) is 5.91 Å². The van der Waals surface area contributed by atoms with E-state index in [2.05, 4.69) is 20.3 Å². The number of hydrogen-bond acceptors (Lipinski definition) is 6. The molecule has 0 unspecified atom stereocenters. The van der Waals surface area contributed by atoms with E-state index < -0.39 is 12.5 Å². The number of thiazole rings is 1. The van der Waals surface area contributed by atoms with Crippen LogP contribution in [0.15, 0.2) is 61.2 Å². The molecule has 1 amide bonds. The van der Waals surface area contributed by atoms with Gasteiger partial charge in [-0.2, -0.15) is 8.78 Å². The molecule has 35 heavy (non-hydrogen) atoms. The van der Waals surface area contributed by atoms with E-state index in [0.717, 1.165) is 32.8 Å². The van der Waals surface area contributed by atoms with E-state index in [1.807, 2.05) is 35.9 Å². The molecule has 0 fully saturated rings. The molecule has 0 spiro atoms. The number of anilines is 1. The first-order chi connectivity index (χ1) is 16.9. The van der Waals surface area contributed by atoms with Crippen molar-refractivity contribution >= 4 is 28.0 Å². The number of carbonyl (C=O) groups is 1. The fourth-order valence-electron chi connectivity index (χ4n) is 3.67. The molecular weight excluding hydrogens is 474 g/mol. The summed E-state index contributed by atoms with van der Waals surface area (Å²) in [6, 6.07) is 10.8. The Hall–Kier alpha value is -4.12. The maximum atomic E-state index is 13.3. The van der Waals surface area contributed by atoms with Crippen LogP contribution in [0, 0.1) is 13.8 Å². The van der Waals surface area contributed by atoms with Crippen LogP contribution in [0.5, 0.6) is 5.75 Å². The van der Waals surface area contributed by atoms with E-state index in [1.54, 1.807) is 31.2 Å². The average molecular weight is 495 g/mol. The van der Waals surface area contributed by atoms with Crippen LogP contribution in [0.2, 0.25) is 0 Å². The normalized spacial score (nSPS) is 11.3. The number of nitrogens with one attached hydrogen (secondary N) is 1. The van der Waals surface area contributed by atoms with Crippen molar-refractivity contribution in [3.8, 4) is 16.5 Å². The number of pyridine rings is 1. The zero-order chi connectivity index (χ0) is 24.5. The summed E-state index contributed by atoms with van der Waals surface area (Å²) in [5.41, 5.74) is 3.43. The monoisotopic (exact) mass is 494 g/mol. The lowest BCUT2D eigenvalue weighted by molar-refractivity contribution is 0.0720. The first kappa shape index (κ1) is 22.7. The van der Waals surface area contributed by atoms with Crippen molar-refractivity contribution in [2.75, 3.05) is 5.32 Å². The number of aryl methyl sites for hydroxylation is 2. The number of alkyl halides is 2. The van der Waals surface area contributed by atoms with Crippen LogP contribution in [-0.2, 0) is 6.61 Å². The third kappa shape index (κ3) is 4.50. The van der Waals surface area contributed by atoms with Gasteiger partial charge in [-0.05, 0) is 37.6 Å². The molecule has 1 aromatic carbocycles. The van der Waals surface area contributed by atoms with Crippen molar-refractivity contribution in [3.63, 3.8) is 0 Å². The number of amides is 1. The highest BCUT2D eigenvalue weighted by atomic mass is 32.1. The molecule has 5 aromatic rings. The number of benzene rings is 1. The molecule has 0 aliphatic carbocycles. The summed E-state index contributed by atoms with van der Waals surface area (Å²) in [6.45, 7) is 1.12. The van der Waals surface area contributed by atoms with Crippen LogP contribution in [0.4, 0.5) is 13.9 Å². The van der Waals surface area contributed by atoms with Gasteiger partial charge in [-0.1, -0.05) is 29.5 Å². The van der Waals surface area contributed by atoms with Gasteiger partial charge in [0.05, 0.1) is 21.8 Å². The molecule has 4 heterocycles. The predicted molar refractivity (Wildman–Crippen MR) is 128 cm³/mol. The minimum absolute atomic E-state index is 0.0990. The lowest BCUT2D eigenvalue weighted by Crippen LogP contribution is -2.13. The lowest BCUT2D eigenvalue weighted by Gasteiger charge is -2.10. The summed E-state index contributed by atoms with van der Waals surface area (Å²) in [6.07, 6.45) is 6.30. The van der Waals surface area contributed by atoms with Gasteiger partial charge in [0.15, 0.2) is 11.0 Å². The average Bonchev–Trinajstić information content (AvgIpc) is 3.56. The maximum Gasteiger partial charge on any atom is 0.320 e. The number of para-hydroxylation sites is 1. The van der Waals surface area contributed by atoms with Gasteiger partial charge in [-0.25, -0.2) is 15.0 Å². The van der Waals surface area contributed by atoms with Crippen molar-refractivity contribution in [1.29, 1.82) is 0 Å². The first-order valence-electron chi connectivity index (χ1n) is 10.7. The smallest absolute Gasteiger partial charge is 0.320 e. The number of rotatable bonds is 7. The van der Waals surface area contributed by atoms with Gasteiger partial charge in [-0.3, -0.25) is 14.7 Å². The molecular formula is C24H20F2N6O2S. The van der Waals surface area contributed by atoms with Crippen molar-refractivity contribution in [1.82, 2.24) is 23.9 Å². The fraction of sp³-hybridized carbons (Fsp3) is 0.167. The highest BCUT2D eigenvalue weighted by Gasteiger charge is 2.21. The third-order valence-corrected chi connectivity index (χ3v) is 6.40. The summed E-state index contributed by atoms with van der Waals surface area (Å²) < 4.78 is 35.1. The molecule has 1 N–H and O–H groups in total. The van der Waals surface area contributed by atoms with Crippen molar-refractivity contribution in [3.05, 3.63) is 83.7 Å². The molecule has 0 aliphatic rings. The van der Waals surface area contributed by atoms with Gasteiger partial charge in [0, 0.05) is 24.8 Å². The number of fused-ring (bicyclic) bond motifs is 1. The van der Waals surface area contributed by atoms with Gasteiger partial charge in [-0.15, -0.1) is 0 Å². The Kier molecular flexibility index (Phi) is 6.00. The van der Waals surface area contributed by atoms with Crippen molar-refractivity contribution < 1.29 is 18.3 Å². The minimum Gasteiger partial charge on any atom is -0.486 e. The Balaban J connectivity index is 1.33. The highest BCUT2D eigenvalue weighted by molar-refractivity contribution is 7.19. The fourth-order valence-corrected chi connectivity index (χ4v) is 4.64. The summed E-state index contributed by atoms with van der Waals surface area (Å²) in [5.74, 6) is 0.0615. The van der Waals surface area contributed by atoms with E-state index in [9.17, 15) is 13.6 Å². The van der Waals surface area contributed by atoms with Crippen LogP contribution in [-0.4, -0.2) is 29.8 Å². The summed E-state index contributed by atoms with van der Waals surface area (Å²) >= 11 is 1.08. The Bertz CT molecular complexity index is 1520. The summed E-state index contributed by atoms with van der Waals surface area (Å²) in [5, 5.41) is 3.02. The van der Waals surface area contributed by atoms with Crippen molar-refractivity contribution in [2.24, 2.45) is 0 Å². The molecule has 0 atom stereocenters. The quantitative estimate of drug-likeness (QED) is 0.323. The maximum absolute atomic E-state index is 13.3. The third-order valence-electron chi connectivity index (χ3n) is 5.33. The lowest BCUT2D eigenvalue weighted by atomic mass is 10.2. The van der Waals surface area contributed by atoms with E-state index in [0.29, 0.717) is 21.9 Å². The number of nitrogens with zero attached hydrogens (tertiary/aromatic N) is 5. The predicted octanol–water partition coefficient (Wildman–Crippen LogP) is 5.50. The standard InChI is InChI=1S/C24H20F2N6O2S/c1-14-6-5-10-31-12-16(29-20(14)31)13-34-18-8-4-3-7-17(18)22(33)30-24-28-15(2)19(35-24)21-27-9-11-32(21)23(25)26/h3-12,23H,13H2,1-2H3,(H,28,30,33). The molecule has 0 saturated carbocycles. The number of halogens is 2. The Morgan fingerprint density at radius 1 is 1.14 bits per heavy atom. The molecule has 0 radical (unpaired) electrons. The number of ether oxygens (including phenoxy) is 1. The highest BCUT2D eigenvalue weighted by Crippen LogP contribution is 2.34. The topological polar surface area (TPSA) is 86.3 Å². The Morgan fingerprint density at radius 2 is 1.97 bits per heavy atom. The number of carbonyl (C=O) groups excluding carboxylic acids is 1. The van der Waals surface area contributed by atoms with Crippen LogP contribution in [0.3, 0.4) is 0 Å². The second-order valence-electron chi connectivity index (χ2n) is 7.76. The number of aromatic nitrogens is 5. The van der Waals surface area contributed by atoms with Gasteiger partial charge in [0.2, 0.25) is 0 Å². The zero-order valence-electron chi connectivity index (χ0n) is 18.8. The molecule has 0 aliphatic heterocycles. The van der Waals surface area contributed by atoms with Crippen LogP contribution in [0.1, 0.15) is 33.9 Å². The first-order valence-corrected chi connectivity index (χ1v) is 11.5. The zero-order valence-corrected chi connectivity index (χ0v) is 19.6. The Morgan fingerprint density at radius 3 is 2.77 bits per heavy atom. The van der Waals surface area contributed by atoms with E-state index >= 15 is 0 Å². The molecule has 0 bridgehead atoms. The molecule has 0 saturated heterocycles. The van der Waals surface area contributed by atoms with E-state index in [4.69, 9.17) is 4.74 Å². The molecule has 8 nitrogen and oxygen atoms in total. The van der Waals surface area contributed by atoms with Gasteiger partial charge < -0.3 is 9.14 Å². The number of imidazole rings is 2. The number of hydrogen-bond donors (Lipinski definition) is 1. The van der Waals surface area contributed by atoms with Crippen LogP contribution < -0.4 is 10.1 Å². The molecule has 4 aromatic heterocycles. The summed E-state index contributed by atoms with van der Waals surface area (Å²) in [4.78, 5) is 26.4. The molecule has 5 rings (SSSR count). The van der Waals surface area contributed by atoms with Gasteiger partial charge >= 0.3 is 6.55 Å². The van der Waals surface area contributed by atoms with E-state index in [-0.39, 0.29) is 17.6 Å². The van der Waals surface area contributed by atoms with Gasteiger partial charge in [0.1, 0.15) is 18.0 Å². The molecule has 11 heteroatoms. The minimum atomic E-state index is -2.73. The SMILES string of the molecule is Cc1nc(NC(=O)c2ccccc2OCc2cn3cccc(C)c3n2)sc1-c1nccn1C(F)F. The van der Waals surface area contributed by atoms with Crippen LogP contribution in [0.25, 0.3) is 16.3 Å². The van der Waals surface area contributed by atoms with E-state index in [1.165, 1.54) is 12.4 Å². The van der Waals surface area contributed by atoms with Crippen molar-refractivity contribution in [2.45, 2.75) is 27.0 Å². The molecule has 178 valence electrons. The van der Waals surface area contributed by atoms with Crippen LogP contribution >= 0.6 is 11.3 Å². The Labute approximate surface area is 202 Å². The largest absolute Gasteiger partial charge is 0.486 e. The second kappa shape index (κ2) is 9.26. The summed E-state index contributed by atoms with van der Waals surface area (Å²) in [7, 11) is 0. The second-order valence-corrected chi connectivity index (χ2v) is 8.76.